The van der Waals surface area contributed by atoms with Crippen molar-refractivity contribution in [2.75, 3.05) is 71.3 Å². The first kappa shape index (κ1) is 49.8. The van der Waals surface area contributed by atoms with E-state index in [4.69, 9.17) is 18.9 Å². The molecular formula is C46H59N7O12S. The first-order valence-corrected chi connectivity index (χ1v) is 23.0. The number of aliphatic hydroxyl groups is 1. The average molecular weight is 934 g/mol. The van der Waals surface area contributed by atoms with Crippen LogP contribution >= 0.6 is 11.3 Å². The number of likely N-dealkylation sites (tertiary alicyclic amines) is 1. The molecule has 0 aliphatic carbocycles. The average Bonchev–Trinajstić information content (AvgIpc) is 3.97. The second-order valence-corrected chi connectivity index (χ2v) is 18.1. The van der Waals surface area contributed by atoms with Crippen LogP contribution in [0.4, 0.5) is 5.69 Å². The maximum Gasteiger partial charge on any atom is 0.264 e. The fraction of sp³-hybridized carbons (Fsp3) is 0.522. The molecular weight excluding hydrogens is 875 g/mol. The van der Waals surface area contributed by atoms with Crippen LogP contribution in [0.15, 0.2) is 48.0 Å². The highest BCUT2D eigenvalue weighted by molar-refractivity contribution is 7.13. The van der Waals surface area contributed by atoms with Crippen molar-refractivity contribution in [2.24, 2.45) is 5.41 Å². The Kier molecular flexibility index (Phi) is 17.5. The summed E-state index contributed by atoms with van der Waals surface area (Å²) in [4.78, 5) is 98.2. The van der Waals surface area contributed by atoms with E-state index in [2.05, 4.69) is 26.3 Å². The Morgan fingerprint density at radius 3 is 2.21 bits per heavy atom. The highest BCUT2D eigenvalue weighted by atomic mass is 32.1. The van der Waals surface area contributed by atoms with Crippen LogP contribution in [0.3, 0.4) is 0 Å². The van der Waals surface area contributed by atoms with Crippen LogP contribution in [-0.4, -0.2) is 151 Å². The number of thiazole rings is 1. The molecule has 2 aromatic carbocycles. The molecule has 66 heavy (non-hydrogen) atoms. The van der Waals surface area contributed by atoms with Crippen LogP contribution < -0.4 is 21.3 Å². The number of nitrogens with zero attached hydrogens (tertiary/aromatic N) is 3. The number of aryl methyl sites for hydroxylation is 1. The van der Waals surface area contributed by atoms with Crippen LogP contribution in [0, 0.1) is 12.3 Å². The topological polar surface area (TPSA) is 244 Å². The Labute approximate surface area is 387 Å². The number of benzene rings is 2. The summed E-state index contributed by atoms with van der Waals surface area (Å²) < 4.78 is 22.3. The van der Waals surface area contributed by atoms with E-state index in [-0.39, 0.29) is 81.5 Å². The van der Waals surface area contributed by atoms with Gasteiger partial charge in [-0.3, -0.25) is 43.8 Å². The molecule has 2 saturated heterocycles. The summed E-state index contributed by atoms with van der Waals surface area (Å²) in [5.74, 6) is -3.47. The number of anilines is 1. The molecule has 0 spiro atoms. The molecule has 4 heterocycles. The van der Waals surface area contributed by atoms with E-state index in [0.29, 0.717) is 45.3 Å². The Hall–Kier alpha value is -5.64. The number of fused-ring (bicyclic) bond motifs is 1. The van der Waals surface area contributed by atoms with Gasteiger partial charge in [0.05, 0.1) is 86.2 Å². The van der Waals surface area contributed by atoms with E-state index in [9.17, 15) is 38.7 Å². The zero-order valence-corrected chi connectivity index (χ0v) is 38.5. The summed E-state index contributed by atoms with van der Waals surface area (Å²) in [5, 5.41) is 21.6. The number of nitrogens with one attached hydrogen (secondary N) is 4. The summed E-state index contributed by atoms with van der Waals surface area (Å²) in [6, 6.07) is 9.81. The molecule has 2 fully saturated rings. The molecule has 20 heteroatoms. The first-order valence-electron chi connectivity index (χ1n) is 22.1. The smallest absolute Gasteiger partial charge is 0.264 e. The highest BCUT2D eigenvalue weighted by Crippen LogP contribution is 2.33. The van der Waals surface area contributed by atoms with Crippen LogP contribution in [-0.2, 0) is 49.5 Å². The van der Waals surface area contributed by atoms with E-state index in [1.165, 1.54) is 11.0 Å². The number of carbonyl (C=O) groups excluding carboxylic acids is 7. The van der Waals surface area contributed by atoms with Crippen molar-refractivity contribution in [1.82, 2.24) is 30.7 Å². The van der Waals surface area contributed by atoms with Crippen LogP contribution in [0.25, 0.3) is 10.4 Å². The second kappa shape index (κ2) is 23.2. The van der Waals surface area contributed by atoms with Gasteiger partial charge in [0.25, 0.3) is 11.8 Å². The van der Waals surface area contributed by atoms with Gasteiger partial charge in [0.15, 0.2) is 0 Å². The van der Waals surface area contributed by atoms with Crippen molar-refractivity contribution in [1.29, 1.82) is 0 Å². The number of aromatic nitrogens is 1. The number of hydrogen-bond acceptors (Lipinski definition) is 15. The second-order valence-electron chi connectivity index (χ2n) is 17.2. The summed E-state index contributed by atoms with van der Waals surface area (Å²) >= 11 is 1.56. The monoisotopic (exact) mass is 933 g/mol. The summed E-state index contributed by atoms with van der Waals surface area (Å²) in [6.45, 7) is 10.2. The molecule has 0 saturated carbocycles. The first-order chi connectivity index (χ1) is 31.6. The summed E-state index contributed by atoms with van der Waals surface area (Å²) in [6.07, 6.45) is -0.662. The van der Waals surface area contributed by atoms with E-state index in [0.717, 1.165) is 26.6 Å². The number of imide groups is 2. The van der Waals surface area contributed by atoms with Crippen LogP contribution in [0.2, 0.25) is 0 Å². The van der Waals surface area contributed by atoms with Crippen LogP contribution in [0.5, 0.6) is 0 Å². The third-order valence-electron chi connectivity index (χ3n) is 11.3. The Morgan fingerprint density at radius 2 is 1.58 bits per heavy atom. The molecule has 1 unspecified atom stereocenters. The highest BCUT2D eigenvalue weighted by Gasteiger charge is 2.46. The Balaban J connectivity index is 0.806. The summed E-state index contributed by atoms with van der Waals surface area (Å²) in [5.41, 5.74) is 4.81. The van der Waals surface area contributed by atoms with Crippen molar-refractivity contribution in [3.63, 3.8) is 0 Å². The van der Waals surface area contributed by atoms with Gasteiger partial charge in [0.2, 0.25) is 29.5 Å². The maximum atomic E-state index is 13.9. The molecule has 0 bridgehead atoms. The van der Waals surface area contributed by atoms with Crippen LogP contribution in [0.1, 0.15) is 78.4 Å². The minimum atomic E-state index is -1.04. The summed E-state index contributed by atoms with van der Waals surface area (Å²) in [7, 11) is 0. The lowest BCUT2D eigenvalue weighted by atomic mass is 9.85. The molecule has 3 aromatic rings. The number of piperidine rings is 1. The number of rotatable bonds is 23. The lowest BCUT2D eigenvalue weighted by molar-refractivity contribution is -0.144. The van der Waals surface area contributed by atoms with Gasteiger partial charge < -0.3 is 44.9 Å². The van der Waals surface area contributed by atoms with Gasteiger partial charge in [-0.1, -0.05) is 51.1 Å². The van der Waals surface area contributed by atoms with Gasteiger partial charge in [-0.05, 0) is 42.0 Å². The fourth-order valence-corrected chi connectivity index (χ4v) is 8.67. The van der Waals surface area contributed by atoms with Crippen molar-refractivity contribution in [3.8, 4) is 10.4 Å². The Bertz CT molecular complexity index is 2230. The molecule has 3 aliphatic rings. The van der Waals surface area contributed by atoms with Crippen molar-refractivity contribution < 1.29 is 57.6 Å². The lowest BCUT2D eigenvalue weighted by Crippen LogP contribution is -2.57. The fourth-order valence-electron chi connectivity index (χ4n) is 7.86. The van der Waals surface area contributed by atoms with E-state index in [1.807, 2.05) is 52.0 Å². The third-order valence-corrected chi connectivity index (χ3v) is 12.3. The lowest BCUT2D eigenvalue weighted by Gasteiger charge is -2.35. The number of β-amino-alcohol motifs (C(OH)–C–C–N with tert-alkyl or cyclic N) is 1. The molecule has 6 rings (SSSR count). The normalized spacial score (nSPS) is 18.9. The van der Waals surface area contributed by atoms with Gasteiger partial charge in [-0.25, -0.2) is 4.98 Å². The SMILES string of the molecule is Cc1ncsc1-c1ccc(CNC(=O)[C@@H]2C[C@@H](O)CN2C(=O)[C@@H](NC(=O)CCOCCOCCOCCOCCNc2cccc3c2C(=O)N(C2CCC(=O)NC2=O)C3=O)C(C)(C)C)cc1. The molecule has 7 amide bonds. The maximum absolute atomic E-state index is 13.9. The minimum absolute atomic E-state index is 0.000889. The third kappa shape index (κ3) is 12.8. The number of carbonyl (C=O) groups is 7. The molecule has 19 nitrogen and oxygen atoms in total. The molecule has 4 atom stereocenters. The number of aliphatic hydroxyl groups excluding tert-OH is 1. The van der Waals surface area contributed by atoms with E-state index < -0.39 is 59.2 Å². The zero-order valence-electron chi connectivity index (χ0n) is 37.7. The van der Waals surface area contributed by atoms with Gasteiger partial charge >= 0.3 is 0 Å². The Morgan fingerprint density at radius 1 is 0.909 bits per heavy atom. The van der Waals surface area contributed by atoms with Gasteiger partial charge in [0.1, 0.15) is 18.1 Å². The predicted octanol–water partition coefficient (Wildman–Crippen LogP) is 2.20. The van der Waals surface area contributed by atoms with Crippen molar-refractivity contribution in [3.05, 3.63) is 70.4 Å². The van der Waals surface area contributed by atoms with E-state index >= 15 is 0 Å². The van der Waals surface area contributed by atoms with Gasteiger partial charge in [-0.2, -0.15) is 0 Å². The minimum Gasteiger partial charge on any atom is -0.391 e. The van der Waals surface area contributed by atoms with Gasteiger partial charge in [-0.15, -0.1) is 11.3 Å². The molecule has 356 valence electrons. The van der Waals surface area contributed by atoms with Crippen molar-refractivity contribution in [2.45, 2.75) is 84.2 Å². The molecule has 5 N–H and O–H groups in total. The number of hydrogen-bond donors (Lipinski definition) is 5. The number of ether oxygens (including phenoxy) is 4. The van der Waals surface area contributed by atoms with Gasteiger partial charge in [0, 0.05) is 44.6 Å². The zero-order chi connectivity index (χ0) is 47.4. The molecule has 1 aromatic heterocycles. The quantitative estimate of drug-likeness (QED) is 0.0677. The predicted molar refractivity (Wildman–Crippen MR) is 241 cm³/mol. The van der Waals surface area contributed by atoms with E-state index in [1.54, 1.807) is 29.0 Å². The molecule has 3 aliphatic heterocycles. The standard InChI is InChI=1S/C46H59N7O12S/c1-28-39(66-27-49-28)30-10-8-29(9-11-30)25-48-41(57)35-24-31(54)26-52(35)45(61)40(46(2,3)4)50-37(56)14-16-62-18-20-64-22-23-65-21-19-63-17-15-47-33-7-5-6-32-38(33)44(60)53(43(32)59)34-12-13-36(55)51-42(34)58/h5-11,27,31,34-35,40,47,54H,12-26H2,1-4H3,(H,48,57)(H,50,56)(H,51,55,58)/t31-,34?,35+,40-/m1/s1. The molecule has 0 radical (unpaired) electrons. The largest absolute Gasteiger partial charge is 0.391 e. The van der Waals surface area contributed by atoms with Crippen molar-refractivity contribution >= 4 is 58.4 Å². The number of amides is 7.